The highest BCUT2D eigenvalue weighted by Gasteiger charge is 2.09. The average Bonchev–Trinajstić information content (AvgIpc) is 2.56. The minimum Gasteiger partial charge on any atom is -0.382 e. The third-order valence-corrected chi connectivity index (χ3v) is 3.48. The van der Waals surface area contributed by atoms with E-state index < -0.39 is 0 Å². The summed E-state index contributed by atoms with van der Waals surface area (Å²) in [5.74, 6) is 0. The van der Waals surface area contributed by atoms with Crippen LogP contribution in [-0.4, -0.2) is 34.0 Å². The van der Waals surface area contributed by atoms with Crippen LogP contribution in [0.1, 0.15) is 11.6 Å². The molecule has 0 saturated heterocycles. The Bertz CT molecular complexity index is 511. The molecule has 0 spiro atoms. The number of nitrogens with one attached hydrogen (secondary N) is 1. The molecule has 0 fully saturated rings. The summed E-state index contributed by atoms with van der Waals surface area (Å²) >= 11 is 0. The van der Waals surface area contributed by atoms with Crippen molar-refractivity contribution in [3.05, 3.63) is 60.2 Å². The molecule has 0 aliphatic rings. The van der Waals surface area contributed by atoms with Crippen molar-refractivity contribution in [3.63, 3.8) is 0 Å². The molecule has 2 aromatic rings. The van der Waals surface area contributed by atoms with Crippen molar-refractivity contribution >= 4 is 0 Å². The third-order valence-electron chi connectivity index (χ3n) is 3.48. The first kappa shape index (κ1) is 15.7. The standard InChI is InChI=1S/C18H23NO2/c1-19-18(14-21-13-12-20-2)17-10-8-16(9-11-17)15-6-4-3-5-7-15/h3-11,18-19H,12-14H2,1-2H3. The maximum Gasteiger partial charge on any atom is 0.0701 e. The Morgan fingerprint density at radius 2 is 1.57 bits per heavy atom. The molecule has 0 aliphatic heterocycles. The minimum atomic E-state index is 0.201. The van der Waals surface area contributed by atoms with Crippen molar-refractivity contribution in [2.45, 2.75) is 6.04 Å². The van der Waals surface area contributed by atoms with Gasteiger partial charge in [0.05, 0.1) is 25.9 Å². The van der Waals surface area contributed by atoms with Crippen LogP contribution in [-0.2, 0) is 9.47 Å². The predicted octanol–water partition coefficient (Wildman–Crippen LogP) is 3.28. The summed E-state index contributed by atoms with van der Waals surface area (Å²) in [6.07, 6.45) is 0. The second-order valence-electron chi connectivity index (χ2n) is 4.90. The third kappa shape index (κ3) is 4.67. The van der Waals surface area contributed by atoms with Crippen LogP contribution in [0, 0.1) is 0 Å². The highest BCUT2D eigenvalue weighted by atomic mass is 16.5. The molecule has 1 unspecified atom stereocenters. The second-order valence-corrected chi connectivity index (χ2v) is 4.90. The van der Waals surface area contributed by atoms with Crippen molar-refractivity contribution in [1.29, 1.82) is 0 Å². The predicted molar refractivity (Wildman–Crippen MR) is 86.4 cm³/mol. The van der Waals surface area contributed by atoms with Gasteiger partial charge in [-0.25, -0.2) is 0 Å². The highest BCUT2D eigenvalue weighted by Crippen LogP contribution is 2.21. The van der Waals surface area contributed by atoms with E-state index in [-0.39, 0.29) is 6.04 Å². The van der Waals surface area contributed by atoms with Gasteiger partial charge in [0.2, 0.25) is 0 Å². The summed E-state index contributed by atoms with van der Waals surface area (Å²) in [7, 11) is 3.64. The quantitative estimate of drug-likeness (QED) is 0.755. The Labute approximate surface area is 126 Å². The van der Waals surface area contributed by atoms with Gasteiger partial charge in [-0.05, 0) is 23.7 Å². The van der Waals surface area contributed by atoms with Gasteiger partial charge in [-0.1, -0.05) is 54.6 Å². The Morgan fingerprint density at radius 1 is 0.905 bits per heavy atom. The molecule has 0 bridgehead atoms. The van der Waals surface area contributed by atoms with Crippen LogP contribution in [0.3, 0.4) is 0 Å². The molecule has 0 amide bonds. The molecule has 2 rings (SSSR count). The number of benzene rings is 2. The normalized spacial score (nSPS) is 12.3. The molecule has 3 nitrogen and oxygen atoms in total. The molecule has 21 heavy (non-hydrogen) atoms. The Kier molecular flexibility index (Phi) is 6.41. The van der Waals surface area contributed by atoms with Crippen LogP contribution in [0.2, 0.25) is 0 Å². The van der Waals surface area contributed by atoms with Crippen LogP contribution in [0.15, 0.2) is 54.6 Å². The van der Waals surface area contributed by atoms with E-state index in [1.165, 1.54) is 16.7 Å². The molecule has 1 N–H and O–H groups in total. The van der Waals surface area contributed by atoms with Gasteiger partial charge in [-0.3, -0.25) is 0 Å². The zero-order valence-corrected chi connectivity index (χ0v) is 12.7. The number of methoxy groups -OCH3 is 1. The topological polar surface area (TPSA) is 30.5 Å². The van der Waals surface area contributed by atoms with E-state index in [0.29, 0.717) is 19.8 Å². The first-order chi connectivity index (χ1) is 10.3. The van der Waals surface area contributed by atoms with Crippen LogP contribution in [0.25, 0.3) is 11.1 Å². The van der Waals surface area contributed by atoms with Gasteiger partial charge in [0.1, 0.15) is 0 Å². The van der Waals surface area contributed by atoms with Gasteiger partial charge in [-0.15, -0.1) is 0 Å². The summed E-state index contributed by atoms with van der Waals surface area (Å²) in [6.45, 7) is 1.89. The Morgan fingerprint density at radius 3 is 2.19 bits per heavy atom. The molecule has 1 atom stereocenters. The summed E-state index contributed by atoms with van der Waals surface area (Å²) in [5.41, 5.74) is 3.70. The first-order valence-electron chi connectivity index (χ1n) is 7.24. The van der Waals surface area contributed by atoms with Crippen LogP contribution >= 0.6 is 0 Å². The van der Waals surface area contributed by atoms with E-state index in [0.717, 1.165) is 0 Å². The summed E-state index contributed by atoms with van der Waals surface area (Å²) in [5, 5.41) is 3.29. The van der Waals surface area contributed by atoms with E-state index >= 15 is 0 Å². The molecular formula is C18H23NO2. The van der Waals surface area contributed by atoms with E-state index in [9.17, 15) is 0 Å². The first-order valence-corrected chi connectivity index (χ1v) is 7.24. The number of likely N-dealkylation sites (N-methyl/N-ethyl adjacent to an activating group) is 1. The zero-order valence-electron chi connectivity index (χ0n) is 12.7. The molecular weight excluding hydrogens is 262 g/mol. The van der Waals surface area contributed by atoms with Gasteiger partial charge in [0.15, 0.2) is 0 Å². The lowest BCUT2D eigenvalue weighted by atomic mass is 10.0. The molecule has 0 radical (unpaired) electrons. The fourth-order valence-electron chi connectivity index (χ4n) is 2.23. The smallest absolute Gasteiger partial charge is 0.0701 e. The molecule has 2 aromatic carbocycles. The van der Waals surface area contributed by atoms with E-state index in [1.807, 2.05) is 13.1 Å². The summed E-state index contributed by atoms with van der Waals surface area (Å²) in [6, 6.07) is 19.2. The summed E-state index contributed by atoms with van der Waals surface area (Å²) < 4.78 is 10.6. The molecule has 0 heterocycles. The molecule has 0 aromatic heterocycles. The molecule has 0 aliphatic carbocycles. The lowest BCUT2D eigenvalue weighted by molar-refractivity contribution is 0.0596. The molecule has 112 valence electrons. The number of ether oxygens (including phenoxy) is 2. The van der Waals surface area contributed by atoms with E-state index in [4.69, 9.17) is 9.47 Å². The number of rotatable bonds is 8. The fraction of sp³-hybridized carbons (Fsp3) is 0.333. The van der Waals surface area contributed by atoms with Gasteiger partial charge in [0, 0.05) is 7.11 Å². The van der Waals surface area contributed by atoms with Gasteiger partial charge >= 0.3 is 0 Å². The highest BCUT2D eigenvalue weighted by molar-refractivity contribution is 5.63. The lowest BCUT2D eigenvalue weighted by Gasteiger charge is -2.17. The fourth-order valence-corrected chi connectivity index (χ4v) is 2.23. The lowest BCUT2D eigenvalue weighted by Crippen LogP contribution is -2.22. The molecule has 3 heteroatoms. The minimum absolute atomic E-state index is 0.201. The zero-order chi connectivity index (χ0) is 14.9. The molecule has 0 saturated carbocycles. The Balaban J connectivity index is 1.99. The maximum atomic E-state index is 5.61. The van der Waals surface area contributed by atoms with Crippen molar-refractivity contribution in [2.24, 2.45) is 0 Å². The number of hydrogen-bond donors (Lipinski definition) is 1. The van der Waals surface area contributed by atoms with Crippen LogP contribution in [0.5, 0.6) is 0 Å². The van der Waals surface area contributed by atoms with Gasteiger partial charge in [-0.2, -0.15) is 0 Å². The van der Waals surface area contributed by atoms with Crippen molar-refractivity contribution in [3.8, 4) is 11.1 Å². The van der Waals surface area contributed by atoms with E-state index in [1.54, 1.807) is 7.11 Å². The largest absolute Gasteiger partial charge is 0.382 e. The van der Waals surface area contributed by atoms with Crippen molar-refractivity contribution < 1.29 is 9.47 Å². The van der Waals surface area contributed by atoms with Crippen LogP contribution in [0.4, 0.5) is 0 Å². The average molecular weight is 285 g/mol. The second kappa shape index (κ2) is 8.57. The van der Waals surface area contributed by atoms with Gasteiger partial charge in [0.25, 0.3) is 0 Å². The monoisotopic (exact) mass is 285 g/mol. The van der Waals surface area contributed by atoms with Gasteiger partial charge < -0.3 is 14.8 Å². The van der Waals surface area contributed by atoms with Crippen molar-refractivity contribution in [1.82, 2.24) is 5.32 Å². The van der Waals surface area contributed by atoms with E-state index in [2.05, 4.69) is 53.8 Å². The Hall–Kier alpha value is -1.68. The van der Waals surface area contributed by atoms with Crippen molar-refractivity contribution in [2.75, 3.05) is 34.0 Å². The maximum absolute atomic E-state index is 5.61. The van der Waals surface area contributed by atoms with Crippen LogP contribution < -0.4 is 5.32 Å². The SMILES string of the molecule is CNC(COCCOC)c1ccc(-c2ccccc2)cc1. The summed E-state index contributed by atoms with van der Waals surface area (Å²) in [4.78, 5) is 0. The number of hydrogen-bond acceptors (Lipinski definition) is 3.